The number of aryl methyl sites for hydroxylation is 1. The second kappa shape index (κ2) is 14.2. The van der Waals surface area contributed by atoms with Crippen molar-refractivity contribution in [2.24, 2.45) is 0 Å². The van der Waals surface area contributed by atoms with Crippen molar-refractivity contribution in [2.45, 2.75) is 18.2 Å². The summed E-state index contributed by atoms with van der Waals surface area (Å²) in [5.74, 6) is -14.3. The Morgan fingerprint density at radius 1 is 0.694 bits per heavy atom. The monoisotopic (exact) mass is 542 g/mol. The smallest absolute Gasteiger partial charge is 0.313 e. The fraction of sp³-hybridized carbons (Fsp3) is 0.409. The van der Waals surface area contributed by atoms with Crippen molar-refractivity contribution in [3.8, 4) is 5.75 Å². The predicted octanol–water partition coefficient (Wildman–Crippen LogP) is 3.44. The van der Waals surface area contributed by atoms with Crippen LogP contribution in [0, 0.1) is 36.0 Å². The van der Waals surface area contributed by atoms with Gasteiger partial charge in [-0.05, 0) is 19.1 Å². The van der Waals surface area contributed by atoms with Gasteiger partial charge in [-0.1, -0.05) is 17.7 Å². The molecule has 2 rings (SSSR count). The van der Waals surface area contributed by atoms with E-state index in [4.69, 9.17) is 18.4 Å². The van der Waals surface area contributed by atoms with E-state index in [1.807, 2.05) is 6.92 Å². The first-order valence-electron chi connectivity index (χ1n) is 10.5. The molecule has 36 heavy (non-hydrogen) atoms. The molecule has 0 saturated carbocycles. The number of carbonyl (C=O) groups is 1. The lowest BCUT2D eigenvalue weighted by Crippen LogP contribution is -2.16. The molecule has 0 unspecified atom stereocenters. The van der Waals surface area contributed by atoms with Crippen molar-refractivity contribution in [1.82, 2.24) is 0 Å². The van der Waals surface area contributed by atoms with Gasteiger partial charge in [0.05, 0.1) is 57.6 Å². The minimum atomic E-state index is -3.87. The number of carbonyl (C=O) groups excluding carboxylic acids is 1. The summed E-state index contributed by atoms with van der Waals surface area (Å²) in [6.07, 6.45) is -0.520. The molecule has 2 aromatic carbocycles. The molecule has 0 aliphatic heterocycles. The Hall–Kier alpha value is -2.65. The second-order valence-electron chi connectivity index (χ2n) is 7.05. The van der Waals surface area contributed by atoms with Crippen LogP contribution in [0.5, 0.6) is 5.75 Å². The number of hydrogen-bond acceptors (Lipinski definition) is 8. The largest absolute Gasteiger partial charge is 0.420 e. The summed E-state index contributed by atoms with van der Waals surface area (Å²) < 4.78 is 115. The van der Waals surface area contributed by atoms with Gasteiger partial charge in [-0.3, -0.25) is 8.98 Å². The van der Waals surface area contributed by atoms with Gasteiger partial charge in [0.25, 0.3) is 10.1 Å². The Morgan fingerprint density at radius 2 is 1.14 bits per heavy atom. The number of halogens is 5. The standard InChI is InChI=1S/C22H23F5O8S/c1-14-2-4-15(5-3-14)36(29,30)34-13-12-33-11-10-32-9-8-31-7-6-16(28)35-22-20(26)18(24)17(23)19(25)21(22)27/h2-5H,6-13H2,1H3. The third-order valence-electron chi connectivity index (χ3n) is 4.36. The summed E-state index contributed by atoms with van der Waals surface area (Å²) >= 11 is 0. The topological polar surface area (TPSA) is 97.4 Å². The molecule has 0 heterocycles. The highest BCUT2D eigenvalue weighted by Crippen LogP contribution is 2.29. The summed E-state index contributed by atoms with van der Waals surface area (Å²) in [5.41, 5.74) is 0.913. The quantitative estimate of drug-likeness (QED) is 0.0643. The number of esters is 1. The fourth-order valence-electron chi connectivity index (χ4n) is 2.51. The summed E-state index contributed by atoms with van der Waals surface area (Å²) in [7, 11) is -3.87. The third kappa shape index (κ3) is 8.78. The van der Waals surface area contributed by atoms with Crippen LogP contribution in [-0.4, -0.2) is 60.6 Å². The first-order chi connectivity index (χ1) is 17.0. The summed E-state index contributed by atoms with van der Waals surface area (Å²) in [5, 5.41) is 0. The summed E-state index contributed by atoms with van der Waals surface area (Å²) in [4.78, 5) is 11.6. The third-order valence-corrected chi connectivity index (χ3v) is 5.68. The van der Waals surface area contributed by atoms with Crippen molar-refractivity contribution in [1.29, 1.82) is 0 Å². The highest BCUT2D eigenvalue weighted by molar-refractivity contribution is 7.86. The van der Waals surface area contributed by atoms with Crippen LogP contribution in [0.4, 0.5) is 22.0 Å². The number of rotatable bonds is 15. The van der Waals surface area contributed by atoms with Gasteiger partial charge in [-0.2, -0.15) is 17.2 Å². The number of ether oxygens (including phenoxy) is 4. The van der Waals surface area contributed by atoms with Gasteiger partial charge in [0.2, 0.25) is 34.8 Å². The van der Waals surface area contributed by atoms with Crippen molar-refractivity contribution < 1.29 is 58.3 Å². The molecule has 0 N–H and O–H groups in total. The minimum absolute atomic E-state index is 0.0100. The van der Waals surface area contributed by atoms with Gasteiger partial charge >= 0.3 is 5.97 Å². The average molecular weight is 542 g/mol. The SMILES string of the molecule is Cc1ccc(S(=O)(=O)OCCOCCOCCOCCC(=O)Oc2c(F)c(F)c(F)c(F)c2F)cc1. The number of benzene rings is 2. The van der Waals surface area contributed by atoms with Crippen molar-refractivity contribution in [2.75, 3.05) is 46.2 Å². The van der Waals surface area contributed by atoms with E-state index in [-0.39, 0.29) is 51.1 Å². The second-order valence-corrected chi connectivity index (χ2v) is 8.66. The number of hydrogen-bond donors (Lipinski definition) is 0. The van der Waals surface area contributed by atoms with Gasteiger partial charge in [-0.25, -0.2) is 13.2 Å². The van der Waals surface area contributed by atoms with E-state index in [0.717, 1.165) is 5.56 Å². The van der Waals surface area contributed by atoms with Gasteiger partial charge < -0.3 is 18.9 Å². The molecule has 2 aromatic rings. The molecule has 0 aromatic heterocycles. The van der Waals surface area contributed by atoms with E-state index in [1.165, 1.54) is 12.1 Å². The molecule has 0 bridgehead atoms. The molecule has 0 aliphatic carbocycles. The molecular weight excluding hydrogens is 519 g/mol. The van der Waals surface area contributed by atoms with Gasteiger partial charge in [0.1, 0.15) is 0 Å². The minimum Gasteiger partial charge on any atom is -0.420 e. The summed E-state index contributed by atoms with van der Waals surface area (Å²) in [6.45, 7) is 1.80. The Labute approximate surface area is 204 Å². The normalized spacial score (nSPS) is 11.6. The van der Waals surface area contributed by atoms with Gasteiger partial charge in [0, 0.05) is 0 Å². The van der Waals surface area contributed by atoms with Crippen LogP contribution in [0.15, 0.2) is 29.2 Å². The van der Waals surface area contributed by atoms with Crippen LogP contribution in [0.1, 0.15) is 12.0 Å². The van der Waals surface area contributed by atoms with Crippen LogP contribution in [0.2, 0.25) is 0 Å². The van der Waals surface area contributed by atoms with Gasteiger partial charge in [0.15, 0.2) is 0 Å². The molecule has 0 aliphatic rings. The fourth-order valence-corrected chi connectivity index (χ4v) is 3.41. The van der Waals surface area contributed by atoms with E-state index in [1.54, 1.807) is 12.1 Å². The average Bonchev–Trinajstić information content (AvgIpc) is 2.85. The van der Waals surface area contributed by atoms with E-state index in [9.17, 15) is 35.2 Å². The van der Waals surface area contributed by atoms with Gasteiger partial charge in [-0.15, -0.1) is 0 Å². The maximum absolute atomic E-state index is 13.5. The molecule has 8 nitrogen and oxygen atoms in total. The Morgan fingerprint density at radius 3 is 1.67 bits per heavy atom. The predicted molar refractivity (Wildman–Crippen MR) is 113 cm³/mol. The Kier molecular flexibility index (Phi) is 11.7. The lowest BCUT2D eigenvalue weighted by atomic mass is 10.2. The lowest BCUT2D eigenvalue weighted by Gasteiger charge is -2.09. The van der Waals surface area contributed by atoms with Crippen molar-refractivity contribution >= 4 is 16.1 Å². The molecule has 0 radical (unpaired) electrons. The first-order valence-corrected chi connectivity index (χ1v) is 11.9. The molecule has 0 saturated heterocycles. The van der Waals surface area contributed by atoms with Crippen LogP contribution in [0.25, 0.3) is 0 Å². The van der Waals surface area contributed by atoms with Crippen LogP contribution < -0.4 is 4.74 Å². The summed E-state index contributed by atoms with van der Waals surface area (Å²) in [6, 6.07) is 6.19. The van der Waals surface area contributed by atoms with Crippen LogP contribution in [-0.2, 0) is 33.3 Å². The maximum Gasteiger partial charge on any atom is 0.313 e. The van der Waals surface area contributed by atoms with Crippen LogP contribution in [0.3, 0.4) is 0 Å². The molecule has 0 spiro atoms. The highest BCUT2D eigenvalue weighted by Gasteiger charge is 2.28. The zero-order valence-electron chi connectivity index (χ0n) is 19.0. The molecule has 200 valence electrons. The lowest BCUT2D eigenvalue weighted by molar-refractivity contribution is -0.136. The Bertz CT molecular complexity index is 1100. The molecule has 14 heteroatoms. The zero-order chi connectivity index (χ0) is 26.7. The zero-order valence-corrected chi connectivity index (χ0v) is 19.8. The molecule has 0 fully saturated rings. The van der Waals surface area contributed by atoms with Crippen molar-refractivity contribution in [3.05, 3.63) is 58.9 Å². The van der Waals surface area contributed by atoms with E-state index < -0.39 is 57.3 Å². The Balaban J connectivity index is 1.51. The maximum atomic E-state index is 13.5. The molecule has 0 atom stereocenters. The first kappa shape index (κ1) is 29.6. The van der Waals surface area contributed by atoms with E-state index in [2.05, 4.69) is 4.74 Å². The highest BCUT2D eigenvalue weighted by atomic mass is 32.2. The van der Waals surface area contributed by atoms with E-state index >= 15 is 0 Å². The molecule has 0 amide bonds. The van der Waals surface area contributed by atoms with E-state index in [0.29, 0.717) is 0 Å². The van der Waals surface area contributed by atoms with Crippen molar-refractivity contribution in [3.63, 3.8) is 0 Å². The van der Waals surface area contributed by atoms with Crippen LogP contribution >= 0.6 is 0 Å². The molecular formula is C22H23F5O8S.